The highest BCUT2D eigenvalue weighted by molar-refractivity contribution is 5.95. The minimum absolute atomic E-state index is 0. The fraction of sp³-hybridized carbons (Fsp3) is 0.188. The summed E-state index contributed by atoms with van der Waals surface area (Å²) in [5.74, 6) is -0.0838. The van der Waals surface area contributed by atoms with E-state index in [2.05, 4.69) is 5.32 Å². The summed E-state index contributed by atoms with van der Waals surface area (Å²) in [6.45, 7) is 3.87. The highest BCUT2D eigenvalue weighted by atomic mass is 35.5. The van der Waals surface area contributed by atoms with Crippen molar-refractivity contribution in [3.05, 3.63) is 65.2 Å². The molecular formula is C16H19ClN2O. The smallest absolute Gasteiger partial charge is 0.251 e. The zero-order valence-electron chi connectivity index (χ0n) is 11.6. The summed E-state index contributed by atoms with van der Waals surface area (Å²) in [4.78, 5) is 12.1. The molecule has 0 aliphatic rings. The van der Waals surface area contributed by atoms with E-state index in [0.29, 0.717) is 11.3 Å². The molecule has 2 aromatic carbocycles. The lowest BCUT2D eigenvalue weighted by Gasteiger charge is -2.14. The SMILES string of the molecule is Cc1cc(C(=O)NC(C)c2ccccc2)ccc1N.Cl. The van der Waals surface area contributed by atoms with Gasteiger partial charge in [0.1, 0.15) is 0 Å². The van der Waals surface area contributed by atoms with Crippen molar-refractivity contribution in [1.29, 1.82) is 0 Å². The summed E-state index contributed by atoms with van der Waals surface area (Å²) in [6, 6.07) is 15.2. The number of anilines is 1. The third-order valence-electron chi connectivity index (χ3n) is 3.18. The van der Waals surface area contributed by atoms with Crippen LogP contribution in [0.2, 0.25) is 0 Å². The van der Waals surface area contributed by atoms with E-state index in [4.69, 9.17) is 5.73 Å². The van der Waals surface area contributed by atoms with Crippen LogP contribution >= 0.6 is 12.4 Å². The van der Waals surface area contributed by atoms with E-state index in [-0.39, 0.29) is 24.4 Å². The molecule has 1 amide bonds. The molecule has 106 valence electrons. The number of rotatable bonds is 3. The molecule has 0 aromatic heterocycles. The van der Waals surface area contributed by atoms with Crippen molar-refractivity contribution in [2.24, 2.45) is 0 Å². The van der Waals surface area contributed by atoms with Crippen LogP contribution in [-0.2, 0) is 0 Å². The van der Waals surface area contributed by atoms with Crippen molar-refractivity contribution in [2.45, 2.75) is 19.9 Å². The highest BCUT2D eigenvalue weighted by Crippen LogP contribution is 2.15. The maximum Gasteiger partial charge on any atom is 0.251 e. The van der Waals surface area contributed by atoms with Crippen molar-refractivity contribution in [2.75, 3.05) is 5.73 Å². The summed E-state index contributed by atoms with van der Waals surface area (Å²) in [7, 11) is 0. The minimum Gasteiger partial charge on any atom is -0.399 e. The van der Waals surface area contributed by atoms with Crippen LogP contribution in [-0.4, -0.2) is 5.91 Å². The summed E-state index contributed by atoms with van der Waals surface area (Å²) in [6.07, 6.45) is 0. The predicted octanol–water partition coefficient (Wildman–Crippen LogP) is 3.49. The van der Waals surface area contributed by atoms with Gasteiger partial charge in [-0.1, -0.05) is 30.3 Å². The van der Waals surface area contributed by atoms with Gasteiger partial charge in [-0.15, -0.1) is 12.4 Å². The maximum absolute atomic E-state index is 12.1. The van der Waals surface area contributed by atoms with Crippen LogP contribution in [0.3, 0.4) is 0 Å². The fourth-order valence-electron chi connectivity index (χ4n) is 1.92. The Morgan fingerprint density at radius 1 is 1.15 bits per heavy atom. The number of carbonyl (C=O) groups is 1. The molecule has 0 saturated heterocycles. The standard InChI is InChI=1S/C16H18N2O.ClH/c1-11-10-14(8-9-15(11)17)16(19)18-12(2)13-6-4-3-5-7-13;/h3-10,12H,17H2,1-2H3,(H,18,19);1H. The maximum atomic E-state index is 12.1. The summed E-state index contributed by atoms with van der Waals surface area (Å²) in [5.41, 5.74) is 9.09. The van der Waals surface area contributed by atoms with E-state index in [1.165, 1.54) is 0 Å². The molecule has 3 N–H and O–H groups in total. The van der Waals surface area contributed by atoms with Gasteiger partial charge in [0.2, 0.25) is 0 Å². The molecule has 0 heterocycles. The first-order valence-electron chi connectivity index (χ1n) is 6.30. The van der Waals surface area contributed by atoms with Gasteiger partial charge in [-0.05, 0) is 43.2 Å². The van der Waals surface area contributed by atoms with E-state index in [1.54, 1.807) is 12.1 Å². The van der Waals surface area contributed by atoms with Crippen molar-refractivity contribution < 1.29 is 4.79 Å². The molecular weight excluding hydrogens is 272 g/mol. The lowest BCUT2D eigenvalue weighted by Crippen LogP contribution is -2.26. The monoisotopic (exact) mass is 290 g/mol. The molecule has 2 rings (SSSR count). The molecule has 0 fully saturated rings. The van der Waals surface area contributed by atoms with E-state index in [0.717, 1.165) is 11.1 Å². The Labute approximate surface area is 125 Å². The van der Waals surface area contributed by atoms with Crippen LogP contribution in [0.4, 0.5) is 5.69 Å². The summed E-state index contributed by atoms with van der Waals surface area (Å²) >= 11 is 0. The minimum atomic E-state index is -0.0838. The van der Waals surface area contributed by atoms with E-state index in [1.807, 2.05) is 50.2 Å². The molecule has 1 unspecified atom stereocenters. The number of benzene rings is 2. The summed E-state index contributed by atoms with van der Waals surface area (Å²) < 4.78 is 0. The first-order chi connectivity index (χ1) is 9.08. The molecule has 20 heavy (non-hydrogen) atoms. The van der Waals surface area contributed by atoms with Gasteiger partial charge in [-0.2, -0.15) is 0 Å². The van der Waals surface area contributed by atoms with E-state index >= 15 is 0 Å². The molecule has 3 nitrogen and oxygen atoms in total. The molecule has 0 aliphatic carbocycles. The first kappa shape index (κ1) is 16.1. The normalized spacial score (nSPS) is 11.3. The number of amides is 1. The second kappa shape index (κ2) is 6.96. The Balaban J connectivity index is 0.00000200. The lowest BCUT2D eigenvalue weighted by atomic mass is 10.1. The van der Waals surface area contributed by atoms with Crippen molar-refractivity contribution in [3.8, 4) is 0 Å². The van der Waals surface area contributed by atoms with E-state index < -0.39 is 0 Å². The quantitative estimate of drug-likeness (QED) is 0.850. The number of hydrogen-bond acceptors (Lipinski definition) is 2. The molecule has 0 saturated carbocycles. The zero-order valence-corrected chi connectivity index (χ0v) is 12.4. The molecule has 4 heteroatoms. The molecule has 0 radical (unpaired) electrons. The van der Waals surface area contributed by atoms with Crippen LogP contribution in [0.15, 0.2) is 48.5 Å². The lowest BCUT2D eigenvalue weighted by molar-refractivity contribution is 0.0940. The summed E-state index contributed by atoms with van der Waals surface area (Å²) in [5, 5.41) is 2.98. The first-order valence-corrected chi connectivity index (χ1v) is 6.30. The Kier molecular flexibility index (Phi) is 5.59. The number of nitrogens with one attached hydrogen (secondary N) is 1. The van der Waals surface area contributed by atoms with Crippen LogP contribution in [0.1, 0.15) is 34.5 Å². The van der Waals surface area contributed by atoms with Gasteiger partial charge in [0.25, 0.3) is 5.91 Å². The molecule has 0 spiro atoms. The third-order valence-corrected chi connectivity index (χ3v) is 3.18. The Hall–Kier alpha value is -2.00. The van der Waals surface area contributed by atoms with Crippen LogP contribution in [0.5, 0.6) is 0 Å². The average Bonchev–Trinajstić information content (AvgIpc) is 2.42. The average molecular weight is 291 g/mol. The van der Waals surface area contributed by atoms with Crippen molar-refractivity contribution >= 4 is 24.0 Å². The Bertz CT molecular complexity index is 584. The Morgan fingerprint density at radius 3 is 2.40 bits per heavy atom. The number of aryl methyl sites for hydroxylation is 1. The number of nitrogens with two attached hydrogens (primary N) is 1. The molecule has 2 aromatic rings. The number of carbonyl (C=O) groups excluding carboxylic acids is 1. The van der Waals surface area contributed by atoms with Gasteiger partial charge in [0, 0.05) is 11.3 Å². The largest absolute Gasteiger partial charge is 0.399 e. The van der Waals surface area contributed by atoms with E-state index in [9.17, 15) is 4.79 Å². The van der Waals surface area contributed by atoms with Crippen molar-refractivity contribution in [1.82, 2.24) is 5.32 Å². The zero-order chi connectivity index (χ0) is 13.8. The number of halogens is 1. The highest BCUT2D eigenvalue weighted by Gasteiger charge is 2.11. The van der Waals surface area contributed by atoms with Gasteiger partial charge in [-0.3, -0.25) is 4.79 Å². The molecule has 0 aliphatic heterocycles. The second-order valence-corrected chi connectivity index (χ2v) is 4.68. The van der Waals surface area contributed by atoms with Crippen LogP contribution in [0.25, 0.3) is 0 Å². The predicted molar refractivity (Wildman–Crippen MR) is 85.2 cm³/mol. The van der Waals surface area contributed by atoms with Gasteiger partial charge < -0.3 is 11.1 Å². The van der Waals surface area contributed by atoms with Gasteiger partial charge in [0.15, 0.2) is 0 Å². The van der Waals surface area contributed by atoms with Crippen LogP contribution < -0.4 is 11.1 Å². The third kappa shape index (κ3) is 3.75. The van der Waals surface area contributed by atoms with Gasteiger partial charge in [-0.25, -0.2) is 0 Å². The van der Waals surface area contributed by atoms with Gasteiger partial charge in [0.05, 0.1) is 6.04 Å². The Morgan fingerprint density at radius 2 is 1.80 bits per heavy atom. The molecule has 1 atom stereocenters. The number of hydrogen-bond donors (Lipinski definition) is 2. The second-order valence-electron chi connectivity index (χ2n) is 4.68. The topological polar surface area (TPSA) is 55.1 Å². The fourth-order valence-corrected chi connectivity index (χ4v) is 1.92. The van der Waals surface area contributed by atoms with Crippen LogP contribution in [0, 0.1) is 6.92 Å². The van der Waals surface area contributed by atoms with Crippen molar-refractivity contribution in [3.63, 3.8) is 0 Å². The van der Waals surface area contributed by atoms with Gasteiger partial charge >= 0.3 is 0 Å². The molecule has 0 bridgehead atoms. The number of nitrogen functional groups attached to an aromatic ring is 1.